The molecular weight excluding hydrogens is 340 g/mol. The van der Waals surface area contributed by atoms with Crippen LogP contribution in [0.5, 0.6) is 5.75 Å². The predicted molar refractivity (Wildman–Crippen MR) is 100 cm³/mol. The van der Waals surface area contributed by atoms with Gasteiger partial charge in [0.05, 0.1) is 18.7 Å². The lowest BCUT2D eigenvalue weighted by atomic mass is 10.2. The zero-order chi connectivity index (χ0) is 18.1. The van der Waals surface area contributed by atoms with Crippen LogP contribution in [0, 0.1) is 0 Å². The molecule has 3 N–H and O–H groups in total. The number of rotatable bonds is 6. The van der Waals surface area contributed by atoms with Crippen LogP contribution in [-0.2, 0) is 9.59 Å². The molecule has 1 aromatic carbocycles. The summed E-state index contributed by atoms with van der Waals surface area (Å²) in [5.74, 6) is 0.0883. The molecule has 25 heavy (non-hydrogen) atoms. The molecule has 2 rings (SSSR count). The number of para-hydroxylation sites is 2. The van der Waals surface area contributed by atoms with Crippen molar-refractivity contribution in [2.45, 2.75) is 32.6 Å². The molecule has 0 radical (unpaired) electrons. The minimum Gasteiger partial charge on any atom is -0.491 e. The lowest BCUT2D eigenvalue weighted by Crippen LogP contribution is -2.50. The van der Waals surface area contributed by atoms with Crippen molar-refractivity contribution in [3.8, 4) is 5.75 Å². The van der Waals surface area contributed by atoms with Crippen molar-refractivity contribution in [3.63, 3.8) is 0 Å². The summed E-state index contributed by atoms with van der Waals surface area (Å²) < 4.78 is 5.55. The molecule has 0 atom stereocenters. The van der Waals surface area contributed by atoms with Crippen LogP contribution in [0.4, 0.5) is 5.69 Å². The van der Waals surface area contributed by atoms with Crippen molar-refractivity contribution in [2.75, 3.05) is 24.6 Å². The number of amides is 2. The van der Waals surface area contributed by atoms with Gasteiger partial charge in [0, 0.05) is 6.54 Å². The second kappa shape index (κ2) is 9.83. The van der Waals surface area contributed by atoms with E-state index in [1.165, 1.54) is 4.90 Å². The average Bonchev–Trinajstić information content (AvgIpc) is 2.76. The van der Waals surface area contributed by atoms with E-state index in [-0.39, 0.29) is 24.8 Å². The minimum atomic E-state index is -0.359. The molecule has 0 aromatic heterocycles. The van der Waals surface area contributed by atoms with E-state index in [9.17, 15) is 9.59 Å². The summed E-state index contributed by atoms with van der Waals surface area (Å²) >= 11 is 5.10. The molecule has 0 fully saturated rings. The van der Waals surface area contributed by atoms with Gasteiger partial charge in [0.1, 0.15) is 12.3 Å². The third-order valence-corrected chi connectivity index (χ3v) is 3.96. The Morgan fingerprint density at radius 1 is 1.28 bits per heavy atom. The van der Waals surface area contributed by atoms with E-state index in [0.717, 1.165) is 25.8 Å². The highest BCUT2D eigenvalue weighted by Gasteiger charge is 2.24. The number of carbonyl (C=O) groups is 2. The number of hydrogen-bond donors (Lipinski definition) is 3. The highest BCUT2D eigenvalue weighted by atomic mass is 32.1. The van der Waals surface area contributed by atoms with E-state index in [4.69, 9.17) is 17.0 Å². The van der Waals surface area contributed by atoms with Crippen molar-refractivity contribution < 1.29 is 14.3 Å². The Hall–Kier alpha value is -2.35. The molecule has 7 nitrogen and oxygen atoms in total. The van der Waals surface area contributed by atoms with Gasteiger partial charge in [0.25, 0.3) is 5.91 Å². The summed E-state index contributed by atoms with van der Waals surface area (Å²) in [6, 6.07) is 7.18. The third-order valence-electron chi connectivity index (χ3n) is 3.71. The molecule has 8 heteroatoms. The van der Waals surface area contributed by atoms with Gasteiger partial charge in [-0.15, -0.1) is 0 Å². The first-order valence-corrected chi connectivity index (χ1v) is 8.87. The smallest absolute Gasteiger partial charge is 0.258 e. The Balaban J connectivity index is 1.85. The molecule has 0 aliphatic carbocycles. The van der Waals surface area contributed by atoms with Crippen LogP contribution in [0.2, 0.25) is 0 Å². The molecule has 0 spiro atoms. The van der Waals surface area contributed by atoms with Crippen LogP contribution in [-0.4, -0.2) is 36.6 Å². The SMILES string of the molecule is CCCCCNC(=S)NNC(=O)CN1C(=O)CCOc2ccccc21. The van der Waals surface area contributed by atoms with Crippen LogP contribution >= 0.6 is 12.2 Å². The molecule has 0 saturated heterocycles. The van der Waals surface area contributed by atoms with Gasteiger partial charge in [0.15, 0.2) is 5.11 Å². The molecule has 2 amide bonds. The highest BCUT2D eigenvalue weighted by Crippen LogP contribution is 2.30. The van der Waals surface area contributed by atoms with Gasteiger partial charge in [-0.2, -0.15) is 0 Å². The standard InChI is InChI=1S/C17H24N4O3S/c1-2-3-6-10-18-17(25)20-19-15(22)12-21-13-7-4-5-8-14(13)24-11-9-16(21)23/h4-5,7-8H,2-3,6,9-12H2,1H3,(H,19,22)(H2,18,20,25). The predicted octanol–water partition coefficient (Wildman–Crippen LogP) is 1.49. The molecule has 1 aliphatic heterocycles. The Labute approximate surface area is 153 Å². The lowest BCUT2D eigenvalue weighted by Gasteiger charge is -2.21. The van der Waals surface area contributed by atoms with Crippen molar-refractivity contribution >= 4 is 34.8 Å². The lowest BCUT2D eigenvalue weighted by molar-refractivity contribution is -0.124. The van der Waals surface area contributed by atoms with Gasteiger partial charge in [-0.3, -0.25) is 25.3 Å². The summed E-state index contributed by atoms with van der Waals surface area (Å²) in [6.45, 7) is 3.08. The number of fused-ring (bicyclic) bond motifs is 1. The highest BCUT2D eigenvalue weighted by molar-refractivity contribution is 7.80. The summed E-state index contributed by atoms with van der Waals surface area (Å²) in [7, 11) is 0. The number of anilines is 1. The fraction of sp³-hybridized carbons (Fsp3) is 0.471. The largest absolute Gasteiger partial charge is 0.491 e. The van der Waals surface area contributed by atoms with E-state index in [1.54, 1.807) is 18.2 Å². The summed E-state index contributed by atoms with van der Waals surface area (Å²) in [6.07, 6.45) is 3.51. The molecule has 0 unspecified atom stereocenters. The Morgan fingerprint density at radius 3 is 2.88 bits per heavy atom. The maximum Gasteiger partial charge on any atom is 0.258 e. The van der Waals surface area contributed by atoms with E-state index in [2.05, 4.69) is 23.1 Å². The number of carbonyl (C=O) groups excluding carboxylic acids is 2. The minimum absolute atomic E-state index is 0.106. The van der Waals surface area contributed by atoms with E-state index in [0.29, 0.717) is 23.2 Å². The first-order valence-electron chi connectivity index (χ1n) is 8.46. The Morgan fingerprint density at radius 2 is 2.08 bits per heavy atom. The van der Waals surface area contributed by atoms with E-state index in [1.807, 2.05) is 6.07 Å². The van der Waals surface area contributed by atoms with Crippen LogP contribution in [0.25, 0.3) is 0 Å². The molecule has 0 saturated carbocycles. The number of thiocarbonyl (C=S) groups is 1. The molecule has 1 aliphatic rings. The number of hydrazine groups is 1. The van der Waals surface area contributed by atoms with Gasteiger partial charge in [-0.05, 0) is 30.8 Å². The molecule has 1 aromatic rings. The zero-order valence-electron chi connectivity index (χ0n) is 14.3. The fourth-order valence-electron chi connectivity index (χ4n) is 2.42. The number of benzene rings is 1. The fourth-order valence-corrected chi connectivity index (χ4v) is 2.58. The Kier molecular flexibility index (Phi) is 7.46. The molecule has 136 valence electrons. The number of hydrogen-bond acceptors (Lipinski definition) is 4. The average molecular weight is 364 g/mol. The van der Waals surface area contributed by atoms with Crippen LogP contribution < -0.4 is 25.8 Å². The van der Waals surface area contributed by atoms with Crippen LogP contribution in [0.3, 0.4) is 0 Å². The topological polar surface area (TPSA) is 82.7 Å². The van der Waals surface area contributed by atoms with Crippen molar-refractivity contribution in [3.05, 3.63) is 24.3 Å². The monoisotopic (exact) mass is 364 g/mol. The third kappa shape index (κ3) is 5.90. The second-order valence-electron chi connectivity index (χ2n) is 5.68. The number of nitrogens with one attached hydrogen (secondary N) is 3. The van der Waals surface area contributed by atoms with Gasteiger partial charge < -0.3 is 10.1 Å². The number of ether oxygens (including phenoxy) is 1. The van der Waals surface area contributed by atoms with Gasteiger partial charge in [-0.1, -0.05) is 31.9 Å². The first kappa shape index (κ1) is 19.0. The normalized spacial score (nSPS) is 13.3. The van der Waals surface area contributed by atoms with Crippen LogP contribution in [0.1, 0.15) is 32.6 Å². The van der Waals surface area contributed by atoms with Gasteiger partial charge >= 0.3 is 0 Å². The molecular formula is C17H24N4O3S. The van der Waals surface area contributed by atoms with Gasteiger partial charge in [0.2, 0.25) is 5.91 Å². The van der Waals surface area contributed by atoms with Gasteiger partial charge in [-0.25, -0.2) is 0 Å². The first-order chi connectivity index (χ1) is 12.1. The summed E-state index contributed by atoms with van der Waals surface area (Å²) in [5, 5.41) is 3.37. The maximum atomic E-state index is 12.3. The zero-order valence-corrected chi connectivity index (χ0v) is 15.2. The Bertz CT molecular complexity index is 624. The molecule has 1 heterocycles. The van der Waals surface area contributed by atoms with Crippen molar-refractivity contribution in [1.29, 1.82) is 0 Å². The summed E-state index contributed by atoms with van der Waals surface area (Å²) in [4.78, 5) is 25.9. The van der Waals surface area contributed by atoms with Crippen molar-refractivity contribution in [1.82, 2.24) is 16.2 Å². The van der Waals surface area contributed by atoms with Crippen LogP contribution in [0.15, 0.2) is 24.3 Å². The second-order valence-corrected chi connectivity index (χ2v) is 6.09. The number of unbranched alkanes of at least 4 members (excludes halogenated alkanes) is 2. The molecule has 0 bridgehead atoms. The summed E-state index contributed by atoms with van der Waals surface area (Å²) in [5.41, 5.74) is 5.77. The van der Waals surface area contributed by atoms with E-state index < -0.39 is 0 Å². The van der Waals surface area contributed by atoms with Crippen molar-refractivity contribution in [2.24, 2.45) is 0 Å². The number of nitrogens with zero attached hydrogens (tertiary/aromatic N) is 1. The quantitative estimate of drug-likeness (QED) is 0.403. The maximum absolute atomic E-state index is 12.3. The van der Waals surface area contributed by atoms with E-state index >= 15 is 0 Å².